The molecule has 4 nitrogen and oxygen atoms in total. The summed E-state index contributed by atoms with van der Waals surface area (Å²) in [6, 6.07) is 5.87. The summed E-state index contributed by atoms with van der Waals surface area (Å²) in [5.41, 5.74) is 5.85. The molecular weight excluding hydrogens is 356 g/mol. The fourth-order valence-electron chi connectivity index (χ4n) is 2.41. The van der Waals surface area contributed by atoms with E-state index in [1.807, 2.05) is 0 Å². The summed E-state index contributed by atoms with van der Waals surface area (Å²) in [4.78, 5) is 11.9. The Balaban J connectivity index is 1.69. The Kier molecular flexibility index (Phi) is 6.33. The Labute approximate surface area is 138 Å². The third-order valence-corrected chi connectivity index (χ3v) is 4.47. The summed E-state index contributed by atoms with van der Waals surface area (Å²) < 4.78 is 6.37. The minimum absolute atomic E-state index is 0.0283. The van der Waals surface area contributed by atoms with E-state index in [0.717, 1.165) is 30.2 Å². The van der Waals surface area contributed by atoms with Gasteiger partial charge in [-0.25, -0.2) is 0 Å². The normalized spacial score (nSPS) is 21.9. The van der Waals surface area contributed by atoms with Gasteiger partial charge in [-0.05, 0) is 59.8 Å². The maximum absolute atomic E-state index is 11.9. The molecule has 1 amide bonds. The predicted octanol–water partition coefficient (Wildman–Crippen LogP) is 3.26. The number of hydrogen-bond acceptors (Lipinski definition) is 3. The summed E-state index contributed by atoms with van der Waals surface area (Å²) in [7, 11) is 0. The van der Waals surface area contributed by atoms with E-state index in [9.17, 15) is 4.79 Å². The van der Waals surface area contributed by atoms with Crippen LogP contribution in [-0.2, 0) is 4.79 Å². The first-order chi connectivity index (χ1) is 10.0. The van der Waals surface area contributed by atoms with Gasteiger partial charge in [-0.2, -0.15) is 0 Å². The summed E-state index contributed by atoms with van der Waals surface area (Å²) in [6.07, 6.45) is 4.25. The SMILES string of the molecule is NC1CCC(NC(=O)CCOc2ccc(Cl)cc2Br)CC1. The van der Waals surface area contributed by atoms with Gasteiger partial charge in [0, 0.05) is 17.1 Å². The molecule has 0 radical (unpaired) electrons. The van der Waals surface area contributed by atoms with E-state index in [0.29, 0.717) is 29.8 Å². The zero-order valence-corrected chi connectivity index (χ0v) is 14.1. The van der Waals surface area contributed by atoms with Gasteiger partial charge in [0.15, 0.2) is 0 Å². The first-order valence-corrected chi connectivity index (χ1v) is 8.34. The number of ether oxygens (including phenoxy) is 1. The Morgan fingerprint density at radius 3 is 2.76 bits per heavy atom. The molecule has 3 N–H and O–H groups in total. The molecule has 0 atom stereocenters. The molecule has 1 aliphatic rings. The number of nitrogens with one attached hydrogen (secondary N) is 1. The molecule has 2 rings (SSSR count). The molecule has 1 aromatic carbocycles. The van der Waals surface area contributed by atoms with Crippen LogP contribution in [0.1, 0.15) is 32.1 Å². The van der Waals surface area contributed by atoms with Crippen molar-refractivity contribution in [3.8, 4) is 5.75 Å². The van der Waals surface area contributed by atoms with Crippen LogP contribution < -0.4 is 15.8 Å². The summed E-state index contributed by atoms with van der Waals surface area (Å²) >= 11 is 9.24. The molecule has 0 aliphatic heterocycles. The summed E-state index contributed by atoms with van der Waals surface area (Å²) in [6.45, 7) is 0.346. The van der Waals surface area contributed by atoms with Crippen molar-refractivity contribution in [2.45, 2.75) is 44.2 Å². The highest BCUT2D eigenvalue weighted by atomic mass is 79.9. The summed E-state index contributed by atoms with van der Waals surface area (Å²) in [5, 5.41) is 3.68. The molecule has 0 saturated heterocycles. The van der Waals surface area contributed by atoms with Crippen LogP contribution in [0.5, 0.6) is 5.75 Å². The smallest absolute Gasteiger partial charge is 0.223 e. The van der Waals surface area contributed by atoms with Crippen molar-refractivity contribution in [3.63, 3.8) is 0 Å². The largest absolute Gasteiger partial charge is 0.492 e. The molecule has 1 fully saturated rings. The van der Waals surface area contributed by atoms with E-state index in [-0.39, 0.29) is 11.9 Å². The first kappa shape index (κ1) is 16.6. The molecule has 1 saturated carbocycles. The molecule has 0 spiro atoms. The van der Waals surface area contributed by atoms with Crippen LogP contribution in [0, 0.1) is 0 Å². The lowest BCUT2D eigenvalue weighted by Crippen LogP contribution is -2.40. The molecule has 1 aliphatic carbocycles. The Morgan fingerprint density at radius 2 is 2.10 bits per heavy atom. The topological polar surface area (TPSA) is 64.3 Å². The number of rotatable bonds is 5. The van der Waals surface area contributed by atoms with Crippen LogP contribution in [0.2, 0.25) is 5.02 Å². The maximum atomic E-state index is 11.9. The predicted molar refractivity (Wildman–Crippen MR) is 87.6 cm³/mol. The van der Waals surface area contributed by atoms with Gasteiger partial charge in [-0.1, -0.05) is 11.6 Å². The van der Waals surface area contributed by atoms with E-state index in [2.05, 4.69) is 21.2 Å². The second-order valence-electron chi connectivity index (χ2n) is 5.35. The van der Waals surface area contributed by atoms with Crippen LogP contribution in [-0.4, -0.2) is 24.6 Å². The molecule has 6 heteroatoms. The molecule has 1 aromatic rings. The van der Waals surface area contributed by atoms with Crippen LogP contribution in [0.15, 0.2) is 22.7 Å². The number of benzene rings is 1. The Morgan fingerprint density at radius 1 is 1.38 bits per heavy atom. The Bertz CT molecular complexity index is 491. The number of amides is 1. The molecule has 0 aromatic heterocycles. The third kappa shape index (κ3) is 5.49. The van der Waals surface area contributed by atoms with Gasteiger partial charge < -0.3 is 15.8 Å². The minimum Gasteiger partial charge on any atom is -0.492 e. The van der Waals surface area contributed by atoms with Crippen molar-refractivity contribution in [2.24, 2.45) is 5.73 Å². The summed E-state index contributed by atoms with van der Waals surface area (Å²) in [5.74, 6) is 0.719. The van der Waals surface area contributed by atoms with E-state index >= 15 is 0 Å². The fourth-order valence-corrected chi connectivity index (χ4v) is 3.21. The molecule has 0 unspecified atom stereocenters. The molecular formula is C15H20BrClN2O2. The van der Waals surface area contributed by atoms with Gasteiger partial charge in [0.1, 0.15) is 5.75 Å². The molecule has 21 heavy (non-hydrogen) atoms. The average Bonchev–Trinajstić information content (AvgIpc) is 2.44. The fraction of sp³-hybridized carbons (Fsp3) is 0.533. The van der Waals surface area contributed by atoms with Gasteiger partial charge in [-0.15, -0.1) is 0 Å². The highest BCUT2D eigenvalue weighted by Gasteiger charge is 2.19. The van der Waals surface area contributed by atoms with E-state index in [1.54, 1.807) is 18.2 Å². The quantitative estimate of drug-likeness (QED) is 0.830. The van der Waals surface area contributed by atoms with Gasteiger partial charge in [0.2, 0.25) is 5.91 Å². The van der Waals surface area contributed by atoms with Crippen molar-refractivity contribution in [1.29, 1.82) is 0 Å². The average molecular weight is 376 g/mol. The highest BCUT2D eigenvalue weighted by molar-refractivity contribution is 9.10. The maximum Gasteiger partial charge on any atom is 0.223 e. The lowest BCUT2D eigenvalue weighted by molar-refractivity contribution is -0.122. The zero-order valence-electron chi connectivity index (χ0n) is 11.8. The number of nitrogens with two attached hydrogens (primary N) is 1. The van der Waals surface area contributed by atoms with Crippen molar-refractivity contribution < 1.29 is 9.53 Å². The van der Waals surface area contributed by atoms with Crippen molar-refractivity contribution >= 4 is 33.4 Å². The number of carbonyl (C=O) groups excluding carboxylic acids is 1. The van der Waals surface area contributed by atoms with E-state index in [4.69, 9.17) is 22.1 Å². The first-order valence-electron chi connectivity index (χ1n) is 7.17. The van der Waals surface area contributed by atoms with Crippen LogP contribution in [0.25, 0.3) is 0 Å². The molecule has 0 heterocycles. The van der Waals surface area contributed by atoms with Crippen molar-refractivity contribution in [3.05, 3.63) is 27.7 Å². The van der Waals surface area contributed by atoms with Crippen LogP contribution in [0.3, 0.4) is 0 Å². The monoisotopic (exact) mass is 374 g/mol. The van der Waals surface area contributed by atoms with Crippen molar-refractivity contribution in [2.75, 3.05) is 6.61 Å². The third-order valence-electron chi connectivity index (χ3n) is 3.62. The Hall–Kier alpha value is -0.780. The van der Waals surface area contributed by atoms with Crippen molar-refractivity contribution in [1.82, 2.24) is 5.32 Å². The number of hydrogen-bond donors (Lipinski definition) is 2. The van der Waals surface area contributed by atoms with Gasteiger partial charge in [-0.3, -0.25) is 4.79 Å². The minimum atomic E-state index is 0.0283. The lowest BCUT2D eigenvalue weighted by Gasteiger charge is -2.26. The zero-order chi connectivity index (χ0) is 15.2. The number of carbonyl (C=O) groups is 1. The van der Waals surface area contributed by atoms with Gasteiger partial charge >= 0.3 is 0 Å². The lowest BCUT2D eigenvalue weighted by atomic mass is 9.92. The van der Waals surface area contributed by atoms with E-state index in [1.165, 1.54) is 0 Å². The van der Waals surface area contributed by atoms with E-state index < -0.39 is 0 Å². The van der Waals surface area contributed by atoms with Crippen LogP contribution >= 0.6 is 27.5 Å². The second-order valence-corrected chi connectivity index (χ2v) is 6.64. The standard InChI is InChI=1S/C15H20BrClN2O2/c16-13-9-10(17)1-6-14(13)21-8-7-15(20)19-12-4-2-11(18)3-5-12/h1,6,9,11-12H,2-5,7-8,18H2,(H,19,20). The molecule has 116 valence electrons. The number of halogens is 2. The molecule has 0 bridgehead atoms. The van der Waals surface area contributed by atoms with Gasteiger partial charge in [0.05, 0.1) is 17.5 Å². The highest BCUT2D eigenvalue weighted by Crippen LogP contribution is 2.28. The second kappa shape index (κ2) is 8.01. The van der Waals surface area contributed by atoms with Gasteiger partial charge in [0.25, 0.3) is 0 Å². The van der Waals surface area contributed by atoms with Crippen LogP contribution in [0.4, 0.5) is 0 Å².